The lowest BCUT2D eigenvalue weighted by atomic mass is 10.3. The fourth-order valence-electron chi connectivity index (χ4n) is 0.385. The molecule has 3 heteroatoms. The van der Waals surface area contributed by atoms with Crippen molar-refractivity contribution in [1.29, 1.82) is 0 Å². The van der Waals surface area contributed by atoms with E-state index >= 15 is 0 Å². The predicted molar refractivity (Wildman–Crippen MR) is 37.4 cm³/mol. The maximum atomic E-state index is 10.0. The number of rotatable bonds is 2. The Kier molecular flexibility index (Phi) is 3.35. The summed E-state index contributed by atoms with van der Waals surface area (Å²) in [7, 11) is 1.54. The molecule has 0 unspecified atom stereocenters. The highest BCUT2D eigenvalue weighted by Gasteiger charge is 1.86. The molecular formula is C6H10N2O. The summed E-state index contributed by atoms with van der Waals surface area (Å²) in [5.41, 5.74) is 6.22. The number of carbonyl (C=O) groups excluding carboxylic acids is 1. The Morgan fingerprint density at radius 1 is 1.67 bits per heavy atom. The third kappa shape index (κ3) is 3.46. The van der Waals surface area contributed by atoms with Crippen molar-refractivity contribution in [2.75, 3.05) is 7.05 Å². The summed E-state index contributed by atoms with van der Waals surface area (Å²) in [6, 6.07) is 0. The van der Waals surface area contributed by atoms with E-state index in [4.69, 9.17) is 5.73 Å². The third-order valence-electron chi connectivity index (χ3n) is 0.754. The van der Waals surface area contributed by atoms with E-state index in [1.54, 1.807) is 14.0 Å². The van der Waals surface area contributed by atoms with Gasteiger partial charge in [-0.3, -0.25) is 9.79 Å². The van der Waals surface area contributed by atoms with Gasteiger partial charge in [0, 0.05) is 12.7 Å². The van der Waals surface area contributed by atoms with Crippen molar-refractivity contribution in [1.82, 2.24) is 0 Å². The van der Waals surface area contributed by atoms with Gasteiger partial charge in [0.05, 0.1) is 5.71 Å². The molecule has 0 spiro atoms. The van der Waals surface area contributed by atoms with Gasteiger partial charge in [-0.15, -0.1) is 0 Å². The molecule has 50 valence electrons. The van der Waals surface area contributed by atoms with Crippen LogP contribution < -0.4 is 5.73 Å². The van der Waals surface area contributed by atoms with Gasteiger partial charge in [-0.25, -0.2) is 0 Å². The molecule has 0 bridgehead atoms. The number of aliphatic imine (C=N–C) groups is 1. The summed E-state index contributed by atoms with van der Waals surface area (Å²) in [6.07, 6.45) is 2.18. The number of hydrogen-bond acceptors (Lipinski definition) is 3. The molecule has 0 aromatic carbocycles. The van der Waals surface area contributed by atoms with Crippen LogP contribution in [0.25, 0.3) is 0 Å². The molecule has 0 aliphatic rings. The van der Waals surface area contributed by atoms with Gasteiger partial charge in [0.1, 0.15) is 0 Å². The van der Waals surface area contributed by atoms with Gasteiger partial charge in [0.25, 0.3) is 0 Å². The highest BCUT2D eigenvalue weighted by atomic mass is 16.1. The first-order valence-corrected chi connectivity index (χ1v) is 2.56. The zero-order valence-electron chi connectivity index (χ0n) is 5.59. The monoisotopic (exact) mass is 126 g/mol. The molecule has 0 atom stereocenters. The van der Waals surface area contributed by atoms with Crippen LogP contribution in [0.5, 0.6) is 0 Å². The predicted octanol–water partition coefficient (Wildman–Crippen LogP) is 0.119. The standard InChI is InChI=1S/C6H10N2O/c1-5(7)3-6(4-9)8-2/h3-4H,7H2,1-2H3. The largest absolute Gasteiger partial charge is 0.402 e. The van der Waals surface area contributed by atoms with E-state index in [1.165, 1.54) is 6.08 Å². The van der Waals surface area contributed by atoms with Crippen molar-refractivity contribution in [3.05, 3.63) is 11.8 Å². The van der Waals surface area contributed by atoms with Crippen LogP contribution in [-0.2, 0) is 4.79 Å². The van der Waals surface area contributed by atoms with E-state index in [-0.39, 0.29) is 0 Å². The lowest BCUT2D eigenvalue weighted by Gasteiger charge is -1.87. The highest BCUT2D eigenvalue weighted by molar-refractivity contribution is 6.33. The number of allylic oxidation sites excluding steroid dienone is 2. The van der Waals surface area contributed by atoms with Gasteiger partial charge in [-0.1, -0.05) is 0 Å². The topological polar surface area (TPSA) is 55.5 Å². The van der Waals surface area contributed by atoms with E-state index in [0.29, 0.717) is 17.7 Å². The minimum Gasteiger partial charge on any atom is -0.402 e. The average molecular weight is 126 g/mol. The molecule has 0 aliphatic carbocycles. The Labute approximate surface area is 54.3 Å². The normalized spacial score (nSPS) is 13.6. The first-order valence-electron chi connectivity index (χ1n) is 2.56. The molecule has 0 aromatic heterocycles. The van der Waals surface area contributed by atoms with Gasteiger partial charge in [0.15, 0.2) is 6.29 Å². The highest BCUT2D eigenvalue weighted by Crippen LogP contribution is 1.81. The molecule has 0 saturated carbocycles. The maximum Gasteiger partial charge on any atom is 0.168 e. The molecule has 3 nitrogen and oxygen atoms in total. The second kappa shape index (κ2) is 3.83. The van der Waals surface area contributed by atoms with Gasteiger partial charge in [-0.2, -0.15) is 0 Å². The molecule has 0 rings (SSSR count). The van der Waals surface area contributed by atoms with Gasteiger partial charge < -0.3 is 5.73 Å². The Balaban J connectivity index is 4.18. The van der Waals surface area contributed by atoms with Crippen molar-refractivity contribution >= 4 is 12.0 Å². The molecule has 0 fully saturated rings. The first-order chi connectivity index (χ1) is 4.20. The zero-order valence-corrected chi connectivity index (χ0v) is 5.59. The number of aldehydes is 1. The molecule has 2 N–H and O–H groups in total. The molecule has 9 heavy (non-hydrogen) atoms. The summed E-state index contributed by atoms with van der Waals surface area (Å²) in [5, 5.41) is 0. The van der Waals surface area contributed by atoms with Crippen LogP contribution in [0, 0.1) is 0 Å². The van der Waals surface area contributed by atoms with Gasteiger partial charge in [0.2, 0.25) is 0 Å². The second-order valence-electron chi connectivity index (χ2n) is 1.65. The van der Waals surface area contributed by atoms with Crippen molar-refractivity contribution < 1.29 is 4.79 Å². The maximum absolute atomic E-state index is 10.0. The average Bonchev–Trinajstić information content (AvgIpc) is 1.82. The molecule has 0 saturated heterocycles. The molecule has 0 aromatic rings. The SMILES string of the molecule is CN=C(C=O)C=C(C)N. The summed E-state index contributed by atoms with van der Waals surface area (Å²) < 4.78 is 0. The fourth-order valence-corrected chi connectivity index (χ4v) is 0.385. The van der Waals surface area contributed by atoms with E-state index < -0.39 is 0 Å². The van der Waals surface area contributed by atoms with Crippen LogP contribution in [-0.4, -0.2) is 19.0 Å². The molecule has 0 aliphatic heterocycles. The van der Waals surface area contributed by atoms with Crippen molar-refractivity contribution in [3.63, 3.8) is 0 Å². The minimum absolute atomic E-state index is 0.370. The Morgan fingerprint density at radius 2 is 2.22 bits per heavy atom. The Bertz CT molecular complexity index is 154. The number of nitrogens with zero attached hydrogens (tertiary/aromatic N) is 1. The van der Waals surface area contributed by atoms with E-state index in [2.05, 4.69) is 4.99 Å². The fraction of sp³-hybridized carbons (Fsp3) is 0.333. The van der Waals surface area contributed by atoms with Crippen LogP contribution in [0.4, 0.5) is 0 Å². The van der Waals surface area contributed by atoms with Crippen LogP contribution >= 0.6 is 0 Å². The number of nitrogens with two attached hydrogens (primary N) is 1. The summed E-state index contributed by atoms with van der Waals surface area (Å²) >= 11 is 0. The van der Waals surface area contributed by atoms with Crippen molar-refractivity contribution in [2.24, 2.45) is 10.7 Å². The Morgan fingerprint density at radius 3 is 2.33 bits per heavy atom. The minimum atomic E-state index is 0.370. The zero-order chi connectivity index (χ0) is 7.28. The van der Waals surface area contributed by atoms with Crippen LogP contribution in [0.2, 0.25) is 0 Å². The molecular weight excluding hydrogens is 116 g/mol. The number of hydrogen-bond donors (Lipinski definition) is 1. The lowest BCUT2D eigenvalue weighted by molar-refractivity contribution is -0.102. The van der Waals surface area contributed by atoms with Gasteiger partial charge in [-0.05, 0) is 13.0 Å². The van der Waals surface area contributed by atoms with Crippen LogP contribution in [0.3, 0.4) is 0 Å². The molecule has 0 amide bonds. The second-order valence-corrected chi connectivity index (χ2v) is 1.65. The van der Waals surface area contributed by atoms with Crippen LogP contribution in [0.1, 0.15) is 6.92 Å². The van der Waals surface area contributed by atoms with Crippen molar-refractivity contribution in [2.45, 2.75) is 6.92 Å². The number of carbonyl (C=O) groups is 1. The molecule has 0 radical (unpaired) electrons. The first kappa shape index (κ1) is 7.88. The Hall–Kier alpha value is -1.12. The quantitative estimate of drug-likeness (QED) is 0.422. The summed E-state index contributed by atoms with van der Waals surface area (Å²) in [4.78, 5) is 13.7. The molecule has 0 heterocycles. The smallest absolute Gasteiger partial charge is 0.168 e. The van der Waals surface area contributed by atoms with Gasteiger partial charge >= 0.3 is 0 Å². The van der Waals surface area contributed by atoms with E-state index in [0.717, 1.165) is 0 Å². The van der Waals surface area contributed by atoms with Crippen LogP contribution in [0.15, 0.2) is 16.8 Å². The lowest BCUT2D eigenvalue weighted by Crippen LogP contribution is -1.99. The van der Waals surface area contributed by atoms with E-state index in [1.807, 2.05) is 0 Å². The third-order valence-corrected chi connectivity index (χ3v) is 0.754. The summed E-state index contributed by atoms with van der Waals surface area (Å²) in [6.45, 7) is 1.70. The van der Waals surface area contributed by atoms with E-state index in [9.17, 15) is 4.79 Å². The summed E-state index contributed by atoms with van der Waals surface area (Å²) in [5.74, 6) is 0. The van der Waals surface area contributed by atoms with Crippen molar-refractivity contribution in [3.8, 4) is 0 Å².